The van der Waals surface area contributed by atoms with Crippen LogP contribution in [0.15, 0.2) is 24.3 Å². The molecule has 2 rings (SSSR count). The van der Waals surface area contributed by atoms with E-state index in [2.05, 4.69) is 20.8 Å². The number of nitrogens with zero attached hydrogens (tertiary/aromatic N) is 2. The molecule has 1 heterocycles. The number of ether oxygens (including phenoxy) is 1. The lowest BCUT2D eigenvalue weighted by Crippen LogP contribution is -2.25. The van der Waals surface area contributed by atoms with Gasteiger partial charge in [-0.1, -0.05) is 23.5 Å². The number of carbonyl (C=O) groups excluding carboxylic acids is 1. The van der Waals surface area contributed by atoms with E-state index in [9.17, 15) is 4.79 Å². The smallest absolute Gasteiger partial charge is 0.282 e. The van der Waals surface area contributed by atoms with Gasteiger partial charge in [0.2, 0.25) is 10.1 Å². The predicted molar refractivity (Wildman–Crippen MR) is 78.5 cm³/mol. The quantitative estimate of drug-likeness (QED) is 0.845. The molecule has 0 bridgehead atoms. The molecule has 2 N–H and O–H groups in total. The van der Waals surface area contributed by atoms with Crippen molar-refractivity contribution in [2.75, 3.05) is 26.0 Å². The zero-order valence-electron chi connectivity index (χ0n) is 11.3. The molecular formula is C13H16N4O2S. The third-order valence-corrected chi connectivity index (χ3v) is 3.63. The first kappa shape index (κ1) is 14.3. The van der Waals surface area contributed by atoms with Gasteiger partial charge in [0.1, 0.15) is 5.75 Å². The molecule has 2 aromatic rings. The van der Waals surface area contributed by atoms with Gasteiger partial charge in [-0.15, -0.1) is 10.2 Å². The van der Waals surface area contributed by atoms with Crippen molar-refractivity contribution in [2.45, 2.75) is 6.42 Å². The molecule has 20 heavy (non-hydrogen) atoms. The summed E-state index contributed by atoms with van der Waals surface area (Å²) >= 11 is 1.23. The van der Waals surface area contributed by atoms with Crippen LogP contribution in [-0.2, 0) is 6.42 Å². The summed E-state index contributed by atoms with van der Waals surface area (Å²) in [4.78, 5) is 11.8. The summed E-state index contributed by atoms with van der Waals surface area (Å²) in [7, 11) is 3.38. The molecule has 0 aliphatic heterocycles. The molecule has 0 spiro atoms. The summed E-state index contributed by atoms with van der Waals surface area (Å²) in [6.45, 7) is 0.555. The van der Waals surface area contributed by atoms with Crippen molar-refractivity contribution >= 4 is 22.4 Å². The summed E-state index contributed by atoms with van der Waals surface area (Å²) < 4.78 is 5.09. The van der Waals surface area contributed by atoms with Crippen molar-refractivity contribution in [1.29, 1.82) is 0 Å². The van der Waals surface area contributed by atoms with Crippen LogP contribution in [0.2, 0.25) is 0 Å². The Kier molecular flexibility index (Phi) is 4.89. The van der Waals surface area contributed by atoms with Gasteiger partial charge >= 0.3 is 0 Å². The molecule has 0 unspecified atom stereocenters. The van der Waals surface area contributed by atoms with Gasteiger partial charge < -0.3 is 15.4 Å². The molecule has 0 fully saturated rings. The molecule has 0 aliphatic carbocycles. The first-order chi connectivity index (χ1) is 9.72. The molecule has 7 heteroatoms. The van der Waals surface area contributed by atoms with Crippen LogP contribution in [-0.4, -0.2) is 36.8 Å². The summed E-state index contributed by atoms with van der Waals surface area (Å²) in [6.07, 6.45) is 0.757. The molecule has 106 valence electrons. The number of aromatic nitrogens is 2. The van der Waals surface area contributed by atoms with Crippen molar-refractivity contribution in [3.8, 4) is 5.75 Å². The molecule has 1 amide bonds. The van der Waals surface area contributed by atoms with E-state index in [-0.39, 0.29) is 5.91 Å². The maximum absolute atomic E-state index is 11.8. The summed E-state index contributed by atoms with van der Waals surface area (Å²) in [5.41, 5.74) is 1.14. The summed E-state index contributed by atoms with van der Waals surface area (Å²) in [5.74, 6) is 0.628. The SMILES string of the molecule is CNc1nnc(C(=O)NCCc2ccc(OC)cc2)s1. The van der Waals surface area contributed by atoms with Crippen LogP contribution >= 0.6 is 11.3 Å². The average molecular weight is 292 g/mol. The number of methoxy groups -OCH3 is 1. The third-order valence-electron chi connectivity index (χ3n) is 2.69. The van der Waals surface area contributed by atoms with Crippen molar-refractivity contribution in [3.63, 3.8) is 0 Å². The van der Waals surface area contributed by atoms with Gasteiger partial charge in [-0.25, -0.2) is 0 Å². The monoisotopic (exact) mass is 292 g/mol. The Labute approximate surface area is 121 Å². The summed E-state index contributed by atoms with van der Waals surface area (Å²) in [6, 6.07) is 7.77. The van der Waals surface area contributed by atoms with Crippen LogP contribution in [0.3, 0.4) is 0 Å². The lowest BCUT2D eigenvalue weighted by Gasteiger charge is -2.04. The second-order valence-corrected chi connectivity index (χ2v) is 4.99. The van der Waals surface area contributed by atoms with Crippen LogP contribution in [0, 0.1) is 0 Å². The number of carbonyl (C=O) groups is 1. The normalized spacial score (nSPS) is 10.1. The van der Waals surface area contributed by atoms with Gasteiger partial charge in [0.15, 0.2) is 0 Å². The molecule has 0 aliphatic rings. The molecular weight excluding hydrogens is 276 g/mol. The first-order valence-electron chi connectivity index (χ1n) is 6.15. The van der Waals surface area contributed by atoms with Crippen molar-refractivity contribution in [2.24, 2.45) is 0 Å². The van der Waals surface area contributed by atoms with Crippen molar-refractivity contribution in [1.82, 2.24) is 15.5 Å². The fourth-order valence-corrected chi connectivity index (χ4v) is 2.22. The summed E-state index contributed by atoms with van der Waals surface area (Å²) in [5, 5.41) is 14.3. The minimum atomic E-state index is -0.197. The number of amides is 1. The Bertz CT molecular complexity index is 568. The van der Waals surface area contributed by atoms with E-state index in [0.717, 1.165) is 17.7 Å². The largest absolute Gasteiger partial charge is 0.497 e. The van der Waals surface area contributed by atoms with E-state index in [1.807, 2.05) is 24.3 Å². The maximum Gasteiger partial charge on any atom is 0.282 e. The Hall–Kier alpha value is -2.15. The first-order valence-corrected chi connectivity index (χ1v) is 6.97. The van der Waals surface area contributed by atoms with Gasteiger partial charge in [0, 0.05) is 13.6 Å². The zero-order chi connectivity index (χ0) is 14.4. The predicted octanol–water partition coefficient (Wildman–Crippen LogP) is 1.56. The van der Waals surface area contributed by atoms with Gasteiger partial charge in [-0.2, -0.15) is 0 Å². The fourth-order valence-electron chi connectivity index (χ4n) is 1.60. The topological polar surface area (TPSA) is 76.1 Å². The van der Waals surface area contributed by atoms with E-state index in [4.69, 9.17) is 4.74 Å². The standard InChI is InChI=1S/C13H16N4O2S/c1-14-13-17-16-12(20-13)11(18)15-8-7-9-3-5-10(19-2)6-4-9/h3-6H,7-8H2,1-2H3,(H,14,17)(H,15,18). The number of rotatable bonds is 6. The number of benzene rings is 1. The van der Waals surface area contributed by atoms with Crippen LogP contribution in [0.25, 0.3) is 0 Å². The molecule has 0 saturated heterocycles. The van der Waals surface area contributed by atoms with Crippen molar-refractivity contribution < 1.29 is 9.53 Å². The molecule has 0 saturated carbocycles. The highest BCUT2D eigenvalue weighted by Crippen LogP contribution is 2.14. The van der Waals surface area contributed by atoms with Gasteiger partial charge in [-0.3, -0.25) is 4.79 Å². The van der Waals surface area contributed by atoms with Crippen LogP contribution in [0.4, 0.5) is 5.13 Å². The molecule has 0 radical (unpaired) electrons. The maximum atomic E-state index is 11.8. The number of nitrogens with one attached hydrogen (secondary N) is 2. The van der Waals surface area contributed by atoms with E-state index < -0.39 is 0 Å². The Morgan fingerprint density at radius 1 is 1.30 bits per heavy atom. The number of hydrogen-bond acceptors (Lipinski definition) is 6. The highest BCUT2D eigenvalue weighted by Gasteiger charge is 2.11. The van der Waals surface area contributed by atoms with E-state index in [0.29, 0.717) is 16.7 Å². The Morgan fingerprint density at radius 3 is 2.65 bits per heavy atom. The third kappa shape index (κ3) is 3.67. The highest BCUT2D eigenvalue weighted by atomic mass is 32.1. The fraction of sp³-hybridized carbons (Fsp3) is 0.308. The van der Waals surface area contributed by atoms with E-state index in [1.165, 1.54) is 11.3 Å². The number of hydrogen-bond donors (Lipinski definition) is 2. The van der Waals surface area contributed by atoms with Crippen LogP contribution in [0.5, 0.6) is 5.75 Å². The average Bonchev–Trinajstić information content (AvgIpc) is 2.97. The van der Waals surface area contributed by atoms with Gasteiger partial charge in [0.05, 0.1) is 7.11 Å². The molecule has 0 atom stereocenters. The van der Waals surface area contributed by atoms with E-state index in [1.54, 1.807) is 14.2 Å². The zero-order valence-corrected chi connectivity index (χ0v) is 12.2. The minimum Gasteiger partial charge on any atom is -0.497 e. The van der Waals surface area contributed by atoms with Gasteiger partial charge in [-0.05, 0) is 24.1 Å². The second-order valence-electron chi connectivity index (χ2n) is 4.02. The van der Waals surface area contributed by atoms with Crippen LogP contribution < -0.4 is 15.4 Å². The molecule has 1 aromatic carbocycles. The Morgan fingerprint density at radius 2 is 2.05 bits per heavy atom. The van der Waals surface area contributed by atoms with E-state index >= 15 is 0 Å². The molecule has 6 nitrogen and oxygen atoms in total. The lowest BCUT2D eigenvalue weighted by molar-refractivity contribution is 0.0953. The van der Waals surface area contributed by atoms with Crippen LogP contribution in [0.1, 0.15) is 15.4 Å². The Balaban J connectivity index is 1.81. The minimum absolute atomic E-state index is 0.197. The van der Waals surface area contributed by atoms with Gasteiger partial charge in [0.25, 0.3) is 5.91 Å². The molecule has 1 aromatic heterocycles. The highest BCUT2D eigenvalue weighted by molar-refractivity contribution is 7.17. The number of anilines is 1. The second kappa shape index (κ2) is 6.85. The lowest BCUT2D eigenvalue weighted by atomic mass is 10.1. The van der Waals surface area contributed by atoms with Crippen molar-refractivity contribution in [3.05, 3.63) is 34.8 Å².